The topological polar surface area (TPSA) is 67.4 Å². The van der Waals surface area contributed by atoms with E-state index in [1.54, 1.807) is 6.07 Å². The lowest BCUT2D eigenvalue weighted by molar-refractivity contribution is -0.696. The number of aryl methyl sites for hydroxylation is 2. The lowest BCUT2D eigenvalue weighted by Crippen LogP contribution is -2.34. The van der Waals surface area contributed by atoms with Crippen LogP contribution >= 0.6 is 0 Å². The quantitative estimate of drug-likeness (QED) is 0.163. The first kappa shape index (κ1) is 25.4. The normalized spacial score (nSPS) is 11.3. The van der Waals surface area contributed by atoms with Gasteiger partial charge in [-0.2, -0.15) is 0 Å². The van der Waals surface area contributed by atoms with Crippen LogP contribution in [0.5, 0.6) is 11.5 Å². The van der Waals surface area contributed by atoms with Crippen molar-refractivity contribution in [3.8, 4) is 11.5 Å². The van der Waals surface area contributed by atoms with E-state index in [1.165, 1.54) is 0 Å². The summed E-state index contributed by atoms with van der Waals surface area (Å²) in [7, 11) is 0. The lowest BCUT2D eigenvalue weighted by Gasteiger charge is -2.13. The summed E-state index contributed by atoms with van der Waals surface area (Å²) in [4.78, 5) is 11.9. The van der Waals surface area contributed by atoms with Gasteiger partial charge in [-0.1, -0.05) is 72.8 Å². The molecular weight excluding hydrogens is 500 g/mol. The molecule has 0 saturated heterocycles. The van der Waals surface area contributed by atoms with Crippen molar-refractivity contribution in [2.24, 2.45) is 0 Å². The highest BCUT2D eigenvalue weighted by Gasteiger charge is 2.14. The van der Waals surface area contributed by atoms with Crippen molar-refractivity contribution in [3.05, 3.63) is 115 Å². The summed E-state index contributed by atoms with van der Waals surface area (Å²) in [6.45, 7) is 2.30. The molecule has 2 aromatic heterocycles. The van der Waals surface area contributed by atoms with E-state index in [0.29, 0.717) is 26.2 Å². The third-order valence-electron chi connectivity index (χ3n) is 7.21. The van der Waals surface area contributed by atoms with Gasteiger partial charge >= 0.3 is 0 Å². The van der Waals surface area contributed by atoms with Gasteiger partial charge in [0.2, 0.25) is 0 Å². The molecule has 0 N–H and O–H groups in total. The maximum absolute atomic E-state index is 11.9. The minimum absolute atomic E-state index is 0.178. The van der Waals surface area contributed by atoms with Gasteiger partial charge in [-0.05, 0) is 35.4 Å². The molecule has 200 valence electrons. The largest absolute Gasteiger partial charge is 0.543 e. The van der Waals surface area contributed by atoms with Crippen LogP contribution in [0.3, 0.4) is 0 Å². The van der Waals surface area contributed by atoms with Crippen molar-refractivity contribution >= 4 is 38.4 Å². The molecule has 6 heteroatoms. The summed E-state index contributed by atoms with van der Waals surface area (Å²) in [5.41, 5.74) is 1.04. The number of nitrogens with zero attached hydrogens (tertiary/aromatic N) is 2. The monoisotopic (exact) mass is 530 g/mol. The molecular formula is C34H30N2O4. The van der Waals surface area contributed by atoms with Gasteiger partial charge in [0.05, 0.1) is 24.9 Å². The third kappa shape index (κ3) is 5.34. The summed E-state index contributed by atoms with van der Waals surface area (Å²) in [5.74, 6) is 0.539. The van der Waals surface area contributed by atoms with Crippen molar-refractivity contribution < 1.29 is 23.9 Å². The lowest BCUT2D eigenvalue weighted by atomic mass is 10.1. The summed E-state index contributed by atoms with van der Waals surface area (Å²) in [5, 5.41) is 17.3. The average Bonchev–Trinajstić information content (AvgIpc) is 3.36. The molecule has 0 fully saturated rings. The molecule has 0 aliphatic heterocycles. The number of hydrogen-bond acceptors (Lipinski definition) is 4. The van der Waals surface area contributed by atoms with Crippen LogP contribution in [0.4, 0.5) is 0 Å². The first-order valence-electron chi connectivity index (χ1n) is 13.6. The Kier molecular flexibility index (Phi) is 7.31. The third-order valence-corrected chi connectivity index (χ3v) is 7.21. The van der Waals surface area contributed by atoms with Crippen molar-refractivity contribution in [1.82, 2.24) is 4.57 Å². The Morgan fingerprint density at radius 2 is 1.32 bits per heavy atom. The Morgan fingerprint density at radius 3 is 1.98 bits per heavy atom. The van der Waals surface area contributed by atoms with Crippen molar-refractivity contribution in [1.29, 1.82) is 0 Å². The number of rotatable bonds is 11. The molecule has 6 rings (SSSR count). The molecule has 6 aromatic rings. The predicted molar refractivity (Wildman–Crippen MR) is 155 cm³/mol. The molecule has 0 atom stereocenters. The van der Waals surface area contributed by atoms with Gasteiger partial charge in [0.15, 0.2) is 18.9 Å². The number of benzene rings is 4. The fourth-order valence-electron chi connectivity index (χ4n) is 5.26. The van der Waals surface area contributed by atoms with Crippen LogP contribution in [-0.4, -0.2) is 23.8 Å². The second-order valence-corrected chi connectivity index (χ2v) is 9.85. The van der Waals surface area contributed by atoms with E-state index in [0.717, 1.165) is 56.9 Å². The molecule has 40 heavy (non-hydrogen) atoms. The number of carboxylic acid groups (broad SMARTS) is 1. The van der Waals surface area contributed by atoms with Crippen LogP contribution in [0.2, 0.25) is 0 Å². The molecule has 0 unspecified atom stereocenters. The van der Waals surface area contributed by atoms with E-state index in [-0.39, 0.29) is 5.69 Å². The Labute approximate surface area is 232 Å². The van der Waals surface area contributed by atoms with Gasteiger partial charge in [0, 0.05) is 35.2 Å². The molecule has 0 spiro atoms. The number of ether oxygens (including phenoxy) is 2. The standard InChI is InChI=1S/C34H30N2O4/c37-34(38)30-23-27-17-20-35(18-7-21-39-32-15-5-11-25-9-1-3-13-28(25)32)24-31(27)36(30)19-8-22-40-33-16-6-12-26-10-2-4-14-29(26)33/h1-6,9-17,20,23-24H,7-8,18-19,21-22H2. The van der Waals surface area contributed by atoms with E-state index in [1.807, 2.05) is 77.6 Å². The molecule has 0 radical (unpaired) electrons. The first-order chi connectivity index (χ1) is 19.7. The van der Waals surface area contributed by atoms with Gasteiger partial charge in [-0.15, -0.1) is 0 Å². The summed E-state index contributed by atoms with van der Waals surface area (Å²) < 4.78 is 16.1. The zero-order chi connectivity index (χ0) is 27.3. The highest BCUT2D eigenvalue weighted by molar-refractivity contribution is 5.93. The van der Waals surface area contributed by atoms with Crippen LogP contribution in [0, 0.1) is 0 Å². The highest BCUT2D eigenvalue weighted by Crippen LogP contribution is 2.26. The van der Waals surface area contributed by atoms with Crippen molar-refractivity contribution in [3.63, 3.8) is 0 Å². The Bertz CT molecular complexity index is 1800. The number of carbonyl (C=O) groups is 1. The minimum atomic E-state index is -1.18. The molecule has 2 heterocycles. The fraction of sp³-hybridized carbons (Fsp3) is 0.176. The Hall–Kier alpha value is -4.84. The minimum Gasteiger partial charge on any atom is -0.543 e. The van der Waals surface area contributed by atoms with Crippen LogP contribution < -0.4 is 19.1 Å². The number of hydrogen-bond donors (Lipinski definition) is 0. The molecule has 0 bridgehead atoms. The molecule has 0 aliphatic rings. The maximum Gasteiger partial charge on any atom is 0.193 e. The second kappa shape index (κ2) is 11.5. The Morgan fingerprint density at radius 1 is 0.725 bits per heavy atom. The Balaban J connectivity index is 1.11. The zero-order valence-electron chi connectivity index (χ0n) is 22.2. The predicted octanol–water partition coefficient (Wildman–Crippen LogP) is 5.54. The fourth-order valence-corrected chi connectivity index (χ4v) is 5.26. The van der Waals surface area contributed by atoms with Gasteiger partial charge < -0.3 is 23.9 Å². The van der Waals surface area contributed by atoms with Gasteiger partial charge in [0.1, 0.15) is 17.0 Å². The molecule has 4 aromatic carbocycles. The van der Waals surface area contributed by atoms with E-state index in [9.17, 15) is 9.90 Å². The SMILES string of the molecule is O=C([O-])c1cc2cc[n+](CCCOc3cccc4ccccc34)cc2n1CCCOc1cccc2ccccc12. The number of aromatic carboxylic acids is 1. The molecule has 6 nitrogen and oxygen atoms in total. The highest BCUT2D eigenvalue weighted by atomic mass is 16.5. The molecule has 0 aliphatic carbocycles. The zero-order valence-corrected chi connectivity index (χ0v) is 22.2. The van der Waals surface area contributed by atoms with Gasteiger partial charge in [-0.3, -0.25) is 0 Å². The van der Waals surface area contributed by atoms with Gasteiger partial charge in [0.25, 0.3) is 0 Å². The number of fused-ring (bicyclic) bond motifs is 3. The first-order valence-corrected chi connectivity index (χ1v) is 13.6. The average molecular weight is 531 g/mol. The van der Waals surface area contributed by atoms with E-state index in [4.69, 9.17) is 9.47 Å². The van der Waals surface area contributed by atoms with E-state index in [2.05, 4.69) is 34.9 Å². The van der Waals surface area contributed by atoms with Crippen LogP contribution in [-0.2, 0) is 13.1 Å². The number of aromatic nitrogens is 2. The van der Waals surface area contributed by atoms with E-state index < -0.39 is 5.97 Å². The van der Waals surface area contributed by atoms with E-state index >= 15 is 0 Å². The summed E-state index contributed by atoms with van der Waals surface area (Å²) in [6.07, 6.45) is 5.45. The second-order valence-electron chi connectivity index (χ2n) is 9.85. The summed E-state index contributed by atoms with van der Waals surface area (Å²) >= 11 is 0. The van der Waals surface area contributed by atoms with Crippen molar-refractivity contribution in [2.75, 3.05) is 13.2 Å². The summed E-state index contributed by atoms with van der Waals surface area (Å²) in [6, 6.07) is 32.1. The number of pyridine rings is 1. The number of carbonyl (C=O) groups excluding carboxylic acids is 1. The van der Waals surface area contributed by atoms with Crippen LogP contribution in [0.15, 0.2) is 109 Å². The molecule has 0 amide bonds. The van der Waals surface area contributed by atoms with Crippen LogP contribution in [0.1, 0.15) is 23.3 Å². The number of carboxylic acids is 1. The molecule has 0 saturated carbocycles. The van der Waals surface area contributed by atoms with Gasteiger partial charge in [-0.25, -0.2) is 4.57 Å². The smallest absolute Gasteiger partial charge is 0.193 e. The van der Waals surface area contributed by atoms with Crippen molar-refractivity contribution in [2.45, 2.75) is 25.9 Å². The van der Waals surface area contributed by atoms with Crippen LogP contribution in [0.25, 0.3) is 32.4 Å². The maximum atomic E-state index is 11.9.